The van der Waals surface area contributed by atoms with Crippen LogP contribution in [0.15, 0.2) is 24.3 Å². The minimum Gasteiger partial charge on any atom is -0.326 e. The molecule has 21 heavy (non-hydrogen) atoms. The van der Waals surface area contributed by atoms with Crippen LogP contribution in [-0.2, 0) is 11.3 Å². The molecule has 0 unspecified atom stereocenters. The van der Waals surface area contributed by atoms with Gasteiger partial charge in [0.1, 0.15) is 0 Å². The predicted molar refractivity (Wildman–Crippen MR) is 84.9 cm³/mol. The van der Waals surface area contributed by atoms with E-state index in [4.69, 9.17) is 5.73 Å². The summed E-state index contributed by atoms with van der Waals surface area (Å²) in [7, 11) is 0. The van der Waals surface area contributed by atoms with Gasteiger partial charge in [-0.25, -0.2) is 0 Å². The van der Waals surface area contributed by atoms with E-state index in [0.717, 1.165) is 29.8 Å². The van der Waals surface area contributed by atoms with Crippen molar-refractivity contribution in [1.29, 1.82) is 0 Å². The number of carbonyl (C=O) groups is 1. The Balaban J connectivity index is 1.43. The smallest absolute Gasteiger partial charge is 0.225 e. The highest BCUT2D eigenvalue weighted by Gasteiger charge is 2.33. The van der Waals surface area contributed by atoms with Crippen molar-refractivity contribution >= 4 is 11.6 Å². The monoisotopic (exact) mass is 287 g/mol. The van der Waals surface area contributed by atoms with Gasteiger partial charge in [-0.3, -0.25) is 9.69 Å². The molecule has 0 spiro atoms. The Morgan fingerprint density at radius 1 is 1.19 bits per heavy atom. The molecule has 114 valence electrons. The third-order valence-electron chi connectivity index (χ3n) is 4.35. The largest absolute Gasteiger partial charge is 0.326 e. The van der Waals surface area contributed by atoms with E-state index in [0.29, 0.717) is 13.0 Å². The van der Waals surface area contributed by atoms with Gasteiger partial charge in [-0.1, -0.05) is 12.1 Å². The van der Waals surface area contributed by atoms with Gasteiger partial charge in [0, 0.05) is 37.8 Å². The van der Waals surface area contributed by atoms with Gasteiger partial charge < -0.3 is 11.1 Å². The molecule has 2 aliphatic carbocycles. The molecule has 0 radical (unpaired) electrons. The Hall–Kier alpha value is -1.39. The van der Waals surface area contributed by atoms with E-state index in [9.17, 15) is 4.79 Å². The molecule has 0 aromatic heterocycles. The zero-order valence-electron chi connectivity index (χ0n) is 12.6. The third kappa shape index (κ3) is 4.55. The van der Waals surface area contributed by atoms with Gasteiger partial charge in [0.05, 0.1) is 0 Å². The van der Waals surface area contributed by atoms with Gasteiger partial charge in [-0.2, -0.15) is 0 Å². The number of hydrogen-bond acceptors (Lipinski definition) is 3. The van der Waals surface area contributed by atoms with E-state index in [1.54, 1.807) is 0 Å². The van der Waals surface area contributed by atoms with Crippen molar-refractivity contribution in [2.75, 3.05) is 18.4 Å². The summed E-state index contributed by atoms with van der Waals surface area (Å²) >= 11 is 0. The summed E-state index contributed by atoms with van der Waals surface area (Å²) in [4.78, 5) is 14.6. The van der Waals surface area contributed by atoms with Crippen LogP contribution >= 0.6 is 0 Å². The number of nitrogens with two attached hydrogens (primary N) is 1. The van der Waals surface area contributed by atoms with Crippen LogP contribution in [0.1, 0.15) is 37.7 Å². The molecule has 2 aliphatic rings. The average molecular weight is 287 g/mol. The Morgan fingerprint density at radius 3 is 2.48 bits per heavy atom. The van der Waals surface area contributed by atoms with E-state index < -0.39 is 0 Å². The molecule has 3 rings (SSSR count). The minimum atomic E-state index is 0.108. The first kappa shape index (κ1) is 14.5. The van der Waals surface area contributed by atoms with E-state index in [-0.39, 0.29) is 5.91 Å². The molecule has 4 nitrogen and oxygen atoms in total. The quantitative estimate of drug-likeness (QED) is 0.771. The number of nitrogens with one attached hydrogen (secondary N) is 1. The van der Waals surface area contributed by atoms with Gasteiger partial charge >= 0.3 is 0 Å². The van der Waals surface area contributed by atoms with Gasteiger partial charge in [0.25, 0.3) is 0 Å². The number of nitrogens with zero attached hydrogens (tertiary/aromatic N) is 1. The van der Waals surface area contributed by atoms with Crippen LogP contribution in [0.4, 0.5) is 5.69 Å². The molecule has 1 aromatic carbocycles. The maximum absolute atomic E-state index is 12.1. The molecule has 0 aliphatic heterocycles. The molecule has 0 heterocycles. The van der Waals surface area contributed by atoms with E-state index in [1.807, 2.05) is 24.3 Å². The average Bonchev–Trinajstić information content (AvgIpc) is 3.37. The summed E-state index contributed by atoms with van der Waals surface area (Å²) in [6.07, 6.45) is 5.97. The minimum absolute atomic E-state index is 0.108. The molecular weight excluding hydrogens is 262 g/mol. The SMILES string of the molecule is NCc1ccc(NC(=O)CCN(CC2CC2)C2CC2)cc1. The second kappa shape index (κ2) is 6.58. The Morgan fingerprint density at radius 2 is 1.90 bits per heavy atom. The number of anilines is 1. The number of benzene rings is 1. The highest BCUT2D eigenvalue weighted by atomic mass is 16.1. The van der Waals surface area contributed by atoms with Crippen LogP contribution in [0.5, 0.6) is 0 Å². The van der Waals surface area contributed by atoms with Gasteiger partial charge in [0.15, 0.2) is 0 Å². The fraction of sp³-hybridized carbons (Fsp3) is 0.588. The van der Waals surface area contributed by atoms with Crippen molar-refractivity contribution in [2.24, 2.45) is 11.7 Å². The zero-order chi connectivity index (χ0) is 14.7. The van der Waals surface area contributed by atoms with Crippen LogP contribution in [0, 0.1) is 5.92 Å². The lowest BCUT2D eigenvalue weighted by Crippen LogP contribution is -2.31. The molecule has 1 amide bonds. The fourth-order valence-electron chi connectivity index (χ4n) is 2.69. The van der Waals surface area contributed by atoms with Gasteiger partial charge in [-0.15, -0.1) is 0 Å². The first-order valence-electron chi connectivity index (χ1n) is 8.07. The molecule has 0 saturated heterocycles. The zero-order valence-corrected chi connectivity index (χ0v) is 12.6. The van der Waals surface area contributed by atoms with E-state index in [2.05, 4.69) is 10.2 Å². The Kier molecular flexibility index (Phi) is 4.56. The van der Waals surface area contributed by atoms with Crippen LogP contribution in [0.3, 0.4) is 0 Å². The van der Waals surface area contributed by atoms with Gasteiger partial charge in [-0.05, 0) is 49.3 Å². The molecule has 2 saturated carbocycles. The molecule has 4 heteroatoms. The maximum Gasteiger partial charge on any atom is 0.225 e. The van der Waals surface area contributed by atoms with Crippen LogP contribution < -0.4 is 11.1 Å². The van der Waals surface area contributed by atoms with E-state index >= 15 is 0 Å². The van der Waals surface area contributed by atoms with Crippen molar-refractivity contribution in [2.45, 2.75) is 44.7 Å². The summed E-state index contributed by atoms with van der Waals surface area (Å²) < 4.78 is 0. The highest BCUT2D eigenvalue weighted by molar-refractivity contribution is 5.90. The van der Waals surface area contributed by atoms with Crippen molar-refractivity contribution in [1.82, 2.24) is 4.90 Å². The molecule has 3 N–H and O–H groups in total. The number of carbonyl (C=O) groups excluding carboxylic acids is 1. The van der Waals surface area contributed by atoms with Crippen LogP contribution in [0.25, 0.3) is 0 Å². The van der Waals surface area contributed by atoms with Crippen molar-refractivity contribution in [3.8, 4) is 0 Å². The van der Waals surface area contributed by atoms with E-state index in [1.165, 1.54) is 32.2 Å². The fourth-order valence-corrected chi connectivity index (χ4v) is 2.69. The lowest BCUT2D eigenvalue weighted by Gasteiger charge is -2.21. The Labute approximate surface area is 126 Å². The second-order valence-electron chi connectivity index (χ2n) is 6.37. The molecule has 1 aromatic rings. The lowest BCUT2D eigenvalue weighted by atomic mass is 10.2. The summed E-state index contributed by atoms with van der Waals surface area (Å²) in [5.41, 5.74) is 7.51. The number of amides is 1. The molecule has 2 fully saturated rings. The number of rotatable bonds is 8. The molecule has 0 atom stereocenters. The van der Waals surface area contributed by atoms with Crippen molar-refractivity contribution in [3.05, 3.63) is 29.8 Å². The summed E-state index contributed by atoms with van der Waals surface area (Å²) in [6, 6.07) is 8.51. The lowest BCUT2D eigenvalue weighted by molar-refractivity contribution is -0.116. The molecule has 0 bridgehead atoms. The summed E-state index contributed by atoms with van der Waals surface area (Å²) in [5.74, 6) is 1.01. The Bertz CT molecular complexity index is 477. The first-order chi connectivity index (χ1) is 10.2. The highest BCUT2D eigenvalue weighted by Crippen LogP contribution is 2.34. The standard InChI is InChI=1S/C17H25N3O/c18-11-13-3-5-15(6-4-13)19-17(21)9-10-20(16-7-8-16)12-14-1-2-14/h3-6,14,16H,1-2,7-12,18H2,(H,19,21). The van der Waals surface area contributed by atoms with Crippen LogP contribution in [0.2, 0.25) is 0 Å². The summed E-state index contributed by atoms with van der Waals surface area (Å²) in [6.45, 7) is 2.63. The third-order valence-corrected chi connectivity index (χ3v) is 4.35. The van der Waals surface area contributed by atoms with Crippen LogP contribution in [-0.4, -0.2) is 29.9 Å². The maximum atomic E-state index is 12.1. The number of hydrogen-bond donors (Lipinski definition) is 2. The molecular formula is C17H25N3O. The topological polar surface area (TPSA) is 58.4 Å². The van der Waals surface area contributed by atoms with Crippen molar-refractivity contribution < 1.29 is 4.79 Å². The normalized spacial score (nSPS) is 18.0. The van der Waals surface area contributed by atoms with Crippen molar-refractivity contribution in [3.63, 3.8) is 0 Å². The first-order valence-corrected chi connectivity index (χ1v) is 8.07. The summed E-state index contributed by atoms with van der Waals surface area (Å²) in [5, 5.41) is 2.97. The van der Waals surface area contributed by atoms with Gasteiger partial charge in [0.2, 0.25) is 5.91 Å². The predicted octanol–water partition coefficient (Wildman–Crippen LogP) is 2.35. The second-order valence-corrected chi connectivity index (χ2v) is 6.37.